The van der Waals surface area contributed by atoms with Gasteiger partial charge in [0.05, 0.1) is 11.1 Å². The van der Waals surface area contributed by atoms with Crippen LogP contribution in [0.5, 0.6) is 0 Å². The van der Waals surface area contributed by atoms with Crippen LogP contribution in [-0.4, -0.2) is 15.9 Å². The summed E-state index contributed by atoms with van der Waals surface area (Å²) < 4.78 is 0. The number of hydrogen-bond acceptors (Lipinski definition) is 4. The summed E-state index contributed by atoms with van der Waals surface area (Å²) in [6.07, 6.45) is 2.68. The first kappa shape index (κ1) is 11.5. The summed E-state index contributed by atoms with van der Waals surface area (Å²) >= 11 is 0. The summed E-state index contributed by atoms with van der Waals surface area (Å²) in [6, 6.07) is 7.69. The standard InChI is InChI=1S/C12H8N4O2/c13-5-8-1-3-10(14-6-8)16-12(18)9-2-4-11(17)15-7-9/h1-4,6-7H,(H,15,17)(H,14,16,18). The van der Waals surface area contributed by atoms with E-state index in [1.54, 1.807) is 6.07 Å². The van der Waals surface area contributed by atoms with Crippen LogP contribution in [0.4, 0.5) is 5.82 Å². The zero-order chi connectivity index (χ0) is 13.0. The number of amides is 1. The maximum atomic E-state index is 11.7. The van der Waals surface area contributed by atoms with Crippen LogP contribution in [0.25, 0.3) is 0 Å². The van der Waals surface area contributed by atoms with Gasteiger partial charge in [-0.3, -0.25) is 9.59 Å². The largest absolute Gasteiger partial charge is 0.328 e. The second-order valence-corrected chi connectivity index (χ2v) is 3.44. The third-order valence-electron chi connectivity index (χ3n) is 2.18. The molecule has 2 heterocycles. The molecule has 0 aliphatic carbocycles. The Morgan fingerprint density at radius 2 is 2.17 bits per heavy atom. The van der Waals surface area contributed by atoms with E-state index in [0.29, 0.717) is 16.9 Å². The molecule has 0 aromatic carbocycles. The van der Waals surface area contributed by atoms with Crippen molar-refractivity contribution in [2.75, 3.05) is 5.32 Å². The van der Waals surface area contributed by atoms with E-state index in [1.165, 1.54) is 30.6 Å². The van der Waals surface area contributed by atoms with Crippen LogP contribution >= 0.6 is 0 Å². The molecule has 0 aliphatic rings. The number of rotatable bonds is 2. The lowest BCUT2D eigenvalue weighted by Gasteiger charge is -2.03. The Labute approximate surface area is 102 Å². The minimum Gasteiger partial charge on any atom is -0.328 e. The van der Waals surface area contributed by atoms with Crippen molar-refractivity contribution >= 4 is 11.7 Å². The number of carbonyl (C=O) groups excluding carboxylic acids is 1. The predicted octanol–water partition coefficient (Wildman–Crippen LogP) is 0.894. The molecule has 2 aromatic heterocycles. The summed E-state index contributed by atoms with van der Waals surface area (Å²) in [5, 5.41) is 11.2. The molecule has 88 valence electrons. The van der Waals surface area contributed by atoms with Crippen LogP contribution in [0.2, 0.25) is 0 Å². The number of nitrogens with one attached hydrogen (secondary N) is 2. The number of H-pyrrole nitrogens is 1. The highest BCUT2D eigenvalue weighted by Crippen LogP contribution is 2.06. The van der Waals surface area contributed by atoms with Gasteiger partial charge in [-0.1, -0.05) is 0 Å². The fourth-order valence-electron chi connectivity index (χ4n) is 1.27. The molecule has 0 saturated carbocycles. The van der Waals surface area contributed by atoms with Crippen LogP contribution in [0.3, 0.4) is 0 Å². The summed E-state index contributed by atoms with van der Waals surface area (Å²) in [5.41, 5.74) is 0.459. The van der Waals surface area contributed by atoms with Crippen molar-refractivity contribution in [3.63, 3.8) is 0 Å². The summed E-state index contributed by atoms with van der Waals surface area (Å²) in [5.74, 6) is -0.0475. The third-order valence-corrected chi connectivity index (χ3v) is 2.18. The van der Waals surface area contributed by atoms with E-state index in [0.717, 1.165) is 0 Å². The molecular formula is C12H8N4O2. The van der Waals surface area contributed by atoms with Crippen molar-refractivity contribution in [2.45, 2.75) is 0 Å². The minimum absolute atomic E-state index is 0.275. The van der Waals surface area contributed by atoms with E-state index in [-0.39, 0.29) is 11.5 Å². The fraction of sp³-hybridized carbons (Fsp3) is 0. The van der Waals surface area contributed by atoms with Gasteiger partial charge in [0.1, 0.15) is 11.9 Å². The van der Waals surface area contributed by atoms with Gasteiger partial charge in [-0.15, -0.1) is 0 Å². The summed E-state index contributed by atoms with van der Waals surface area (Å²) in [6.45, 7) is 0. The smallest absolute Gasteiger partial charge is 0.258 e. The maximum Gasteiger partial charge on any atom is 0.258 e. The normalized spacial score (nSPS) is 9.50. The Kier molecular flexibility index (Phi) is 3.16. The Hall–Kier alpha value is -2.94. The van der Waals surface area contributed by atoms with E-state index < -0.39 is 0 Å². The Morgan fingerprint density at radius 1 is 1.33 bits per heavy atom. The first-order valence-electron chi connectivity index (χ1n) is 5.05. The molecule has 0 atom stereocenters. The number of anilines is 1. The zero-order valence-electron chi connectivity index (χ0n) is 9.18. The molecule has 0 radical (unpaired) electrons. The first-order valence-corrected chi connectivity index (χ1v) is 5.05. The van der Waals surface area contributed by atoms with Gasteiger partial charge in [-0.25, -0.2) is 4.98 Å². The van der Waals surface area contributed by atoms with Gasteiger partial charge >= 0.3 is 0 Å². The predicted molar refractivity (Wildman–Crippen MR) is 64.0 cm³/mol. The molecule has 6 heteroatoms. The quantitative estimate of drug-likeness (QED) is 0.814. The SMILES string of the molecule is N#Cc1ccc(NC(=O)c2ccc(=O)[nH]c2)nc1. The molecular weight excluding hydrogens is 232 g/mol. The van der Waals surface area contributed by atoms with Crippen molar-refractivity contribution in [1.29, 1.82) is 5.26 Å². The molecule has 0 aliphatic heterocycles. The van der Waals surface area contributed by atoms with Crippen molar-refractivity contribution in [3.05, 3.63) is 58.1 Å². The molecule has 2 aromatic rings. The van der Waals surface area contributed by atoms with Gasteiger partial charge in [0.2, 0.25) is 5.56 Å². The van der Waals surface area contributed by atoms with Crippen LogP contribution < -0.4 is 10.9 Å². The second-order valence-electron chi connectivity index (χ2n) is 3.44. The van der Waals surface area contributed by atoms with Crippen LogP contribution in [0.15, 0.2) is 41.5 Å². The van der Waals surface area contributed by atoms with Gasteiger partial charge < -0.3 is 10.3 Å². The number of carbonyl (C=O) groups is 1. The van der Waals surface area contributed by atoms with E-state index in [2.05, 4.69) is 15.3 Å². The molecule has 0 spiro atoms. The van der Waals surface area contributed by atoms with Gasteiger partial charge in [-0.2, -0.15) is 5.26 Å². The molecule has 1 amide bonds. The van der Waals surface area contributed by atoms with Crippen LogP contribution in [0, 0.1) is 11.3 Å². The van der Waals surface area contributed by atoms with E-state index in [1.807, 2.05) is 6.07 Å². The van der Waals surface area contributed by atoms with Crippen molar-refractivity contribution < 1.29 is 4.79 Å². The Bertz CT molecular complexity index is 647. The van der Waals surface area contributed by atoms with Crippen LogP contribution in [0.1, 0.15) is 15.9 Å². The molecule has 2 rings (SSSR count). The Balaban J connectivity index is 2.13. The molecule has 0 unspecified atom stereocenters. The molecule has 0 bridgehead atoms. The lowest BCUT2D eigenvalue weighted by Crippen LogP contribution is -2.15. The van der Waals surface area contributed by atoms with Crippen molar-refractivity contribution in [2.24, 2.45) is 0 Å². The summed E-state index contributed by atoms with van der Waals surface area (Å²) in [4.78, 5) is 28.9. The third kappa shape index (κ3) is 2.59. The number of pyridine rings is 2. The lowest BCUT2D eigenvalue weighted by atomic mass is 10.2. The molecule has 2 N–H and O–H groups in total. The molecule has 0 fully saturated rings. The number of aromatic amines is 1. The number of hydrogen-bond donors (Lipinski definition) is 2. The Morgan fingerprint density at radius 3 is 2.72 bits per heavy atom. The van der Waals surface area contributed by atoms with E-state index in [4.69, 9.17) is 5.26 Å². The van der Waals surface area contributed by atoms with Gasteiger partial charge in [-0.05, 0) is 18.2 Å². The van der Waals surface area contributed by atoms with Gasteiger partial charge in [0.25, 0.3) is 5.91 Å². The molecule has 6 nitrogen and oxygen atoms in total. The first-order chi connectivity index (χ1) is 8.69. The highest BCUT2D eigenvalue weighted by Gasteiger charge is 2.06. The van der Waals surface area contributed by atoms with E-state index in [9.17, 15) is 9.59 Å². The molecule has 18 heavy (non-hydrogen) atoms. The monoisotopic (exact) mass is 240 g/mol. The highest BCUT2D eigenvalue weighted by molar-refractivity contribution is 6.03. The number of nitrogens with zero attached hydrogens (tertiary/aromatic N) is 2. The van der Waals surface area contributed by atoms with Crippen molar-refractivity contribution in [3.8, 4) is 6.07 Å². The number of nitriles is 1. The average Bonchev–Trinajstić information content (AvgIpc) is 2.40. The van der Waals surface area contributed by atoms with Gasteiger partial charge in [0.15, 0.2) is 0 Å². The molecule has 0 saturated heterocycles. The zero-order valence-corrected chi connectivity index (χ0v) is 9.18. The van der Waals surface area contributed by atoms with E-state index >= 15 is 0 Å². The summed E-state index contributed by atoms with van der Waals surface area (Å²) in [7, 11) is 0. The topological polar surface area (TPSA) is 98.6 Å². The minimum atomic E-state index is -0.386. The fourth-order valence-corrected chi connectivity index (χ4v) is 1.27. The van der Waals surface area contributed by atoms with Crippen molar-refractivity contribution in [1.82, 2.24) is 9.97 Å². The lowest BCUT2D eigenvalue weighted by molar-refractivity contribution is 0.102. The number of aromatic nitrogens is 2. The van der Waals surface area contributed by atoms with Gasteiger partial charge in [0, 0.05) is 18.5 Å². The highest BCUT2D eigenvalue weighted by atomic mass is 16.2. The second kappa shape index (κ2) is 4.93. The average molecular weight is 240 g/mol. The maximum absolute atomic E-state index is 11.7. The van der Waals surface area contributed by atoms with Crippen LogP contribution in [-0.2, 0) is 0 Å².